The second-order valence-corrected chi connectivity index (χ2v) is 6.24. The highest BCUT2D eigenvalue weighted by Gasteiger charge is 2.15. The molecule has 140 valence electrons. The number of carbonyl (C=O) groups is 1. The highest BCUT2D eigenvalue weighted by atomic mass is 16.5. The topological polar surface area (TPSA) is 54.0 Å². The summed E-state index contributed by atoms with van der Waals surface area (Å²) in [6, 6.07) is 7.71. The van der Waals surface area contributed by atoms with Gasteiger partial charge in [0.2, 0.25) is 5.75 Å². The number of aryl methyl sites for hydroxylation is 4. The van der Waals surface area contributed by atoms with Crippen LogP contribution in [0.3, 0.4) is 0 Å². The molecule has 0 amide bonds. The second-order valence-electron chi connectivity index (χ2n) is 6.24. The lowest BCUT2D eigenvalue weighted by Gasteiger charge is -2.14. The summed E-state index contributed by atoms with van der Waals surface area (Å²) in [5.74, 6) is 2.05. The Bertz CT molecular complexity index is 747. The van der Waals surface area contributed by atoms with Gasteiger partial charge in [0.1, 0.15) is 5.75 Å². The molecule has 0 aromatic heterocycles. The lowest BCUT2D eigenvalue weighted by molar-refractivity contribution is -0.134. The molecular weight excluding hydrogens is 332 g/mol. The zero-order valence-electron chi connectivity index (χ0n) is 16.3. The van der Waals surface area contributed by atoms with Crippen molar-refractivity contribution in [3.05, 3.63) is 46.5 Å². The van der Waals surface area contributed by atoms with Gasteiger partial charge in [0.05, 0.1) is 21.3 Å². The van der Waals surface area contributed by atoms with Crippen molar-refractivity contribution in [3.8, 4) is 23.0 Å². The van der Waals surface area contributed by atoms with Gasteiger partial charge in [-0.1, -0.05) is 17.7 Å². The van der Waals surface area contributed by atoms with E-state index in [0.29, 0.717) is 29.4 Å². The molecule has 0 heterocycles. The molecule has 0 aliphatic heterocycles. The molecule has 0 aliphatic carbocycles. The van der Waals surface area contributed by atoms with Gasteiger partial charge in [-0.05, 0) is 56.0 Å². The molecular formula is C21H26O5. The molecule has 0 spiro atoms. The minimum atomic E-state index is -0.270. The summed E-state index contributed by atoms with van der Waals surface area (Å²) >= 11 is 0. The van der Waals surface area contributed by atoms with Crippen LogP contribution in [0.15, 0.2) is 24.3 Å². The van der Waals surface area contributed by atoms with Crippen LogP contribution in [0.25, 0.3) is 0 Å². The van der Waals surface area contributed by atoms with Crippen molar-refractivity contribution < 1.29 is 23.7 Å². The van der Waals surface area contributed by atoms with Crippen LogP contribution in [0, 0.1) is 20.8 Å². The van der Waals surface area contributed by atoms with Gasteiger partial charge < -0.3 is 18.9 Å². The van der Waals surface area contributed by atoms with Crippen molar-refractivity contribution in [1.82, 2.24) is 0 Å². The maximum atomic E-state index is 12.3. The molecule has 5 nitrogen and oxygen atoms in total. The van der Waals surface area contributed by atoms with E-state index in [1.165, 1.54) is 0 Å². The highest BCUT2D eigenvalue weighted by molar-refractivity contribution is 5.73. The number of methoxy groups -OCH3 is 3. The molecule has 0 aliphatic rings. The van der Waals surface area contributed by atoms with Gasteiger partial charge in [-0.15, -0.1) is 0 Å². The van der Waals surface area contributed by atoms with E-state index in [-0.39, 0.29) is 12.4 Å². The van der Waals surface area contributed by atoms with Crippen molar-refractivity contribution >= 4 is 5.97 Å². The first-order valence-electron chi connectivity index (χ1n) is 8.47. The number of esters is 1. The molecule has 0 atom stereocenters. The lowest BCUT2D eigenvalue weighted by Crippen LogP contribution is -2.11. The van der Waals surface area contributed by atoms with E-state index in [4.69, 9.17) is 18.9 Å². The number of ether oxygens (including phenoxy) is 4. The van der Waals surface area contributed by atoms with Gasteiger partial charge in [-0.3, -0.25) is 4.79 Å². The van der Waals surface area contributed by atoms with Gasteiger partial charge in [-0.2, -0.15) is 0 Å². The fraction of sp³-hybridized carbons (Fsp3) is 0.381. The maximum absolute atomic E-state index is 12.3. The standard InChI is InChI=1S/C21H26O5/c1-13-9-14(2)20(15(3)10-13)26-19(22)8-7-16-11-17(23-4)21(25-6)18(12-16)24-5/h9-12H,7-8H2,1-6H3. The molecule has 2 rings (SSSR count). The van der Waals surface area contributed by atoms with Gasteiger partial charge in [0.25, 0.3) is 0 Å². The van der Waals surface area contributed by atoms with E-state index in [1.807, 2.05) is 45.0 Å². The molecule has 0 saturated heterocycles. The summed E-state index contributed by atoms with van der Waals surface area (Å²) in [5.41, 5.74) is 3.98. The highest BCUT2D eigenvalue weighted by Crippen LogP contribution is 2.38. The van der Waals surface area contributed by atoms with Crippen LogP contribution < -0.4 is 18.9 Å². The number of carbonyl (C=O) groups excluding carboxylic acids is 1. The molecule has 26 heavy (non-hydrogen) atoms. The maximum Gasteiger partial charge on any atom is 0.311 e. The summed E-state index contributed by atoms with van der Waals surface area (Å²) in [5, 5.41) is 0. The van der Waals surface area contributed by atoms with Crippen molar-refractivity contribution in [2.75, 3.05) is 21.3 Å². The Balaban J connectivity index is 2.10. The van der Waals surface area contributed by atoms with E-state index < -0.39 is 0 Å². The fourth-order valence-electron chi connectivity index (χ4n) is 3.02. The van der Waals surface area contributed by atoms with Gasteiger partial charge in [0, 0.05) is 6.42 Å². The predicted molar refractivity (Wildman–Crippen MR) is 101 cm³/mol. The Morgan fingerprint density at radius 1 is 0.808 bits per heavy atom. The molecule has 0 fully saturated rings. The predicted octanol–water partition coefficient (Wildman–Crippen LogP) is 4.18. The Hall–Kier alpha value is -2.69. The van der Waals surface area contributed by atoms with Crippen LogP contribution in [0.4, 0.5) is 0 Å². The molecule has 2 aromatic carbocycles. The largest absolute Gasteiger partial charge is 0.493 e. The van der Waals surface area contributed by atoms with E-state index in [0.717, 1.165) is 22.3 Å². The number of hydrogen-bond donors (Lipinski definition) is 0. The van der Waals surface area contributed by atoms with Crippen LogP contribution in [-0.2, 0) is 11.2 Å². The first-order chi connectivity index (χ1) is 12.4. The molecule has 0 unspecified atom stereocenters. The van der Waals surface area contributed by atoms with Gasteiger partial charge in [-0.25, -0.2) is 0 Å². The third-order valence-electron chi connectivity index (χ3n) is 4.16. The smallest absolute Gasteiger partial charge is 0.311 e. The number of hydrogen-bond acceptors (Lipinski definition) is 5. The zero-order valence-corrected chi connectivity index (χ0v) is 16.3. The Morgan fingerprint density at radius 3 is 1.81 bits per heavy atom. The first kappa shape index (κ1) is 19.6. The summed E-state index contributed by atoms with van der Waals surface area (Å²) in [6.45, 7) is 5.92. The first-order valence-corrected chi connectivity index (χ1v) is 8.47. The van der Waals surface area contributed by atoms with Gasteiger partial charge >= 0.3 is 5.97 Å². The quantitative estimate of drug-likeness (QED) is 0.549. The van der Waals surface area contributed by atoms with Crippen molar-refractivity contribution in [3.63, 3.8) is 0 Å². The molecule has 0 N–H and O–H groups in total. The summed E-state index contributed by atoms with van der Waals surface area (Å²) in [7, 11) is 4.69. The minimum absolute atomic E-state index is 0.255. The molecule has 2 aromatic rings. The normalized spacial score (nSPS) is 10.4. The fourth-order valence-corrected chi connectivity index (χ4v) is 3.02. The molecule has 0 bridgehead atoms. The van der Waals surface area contributed by atoms with E-state index in [1.54, 1.807) is 21.3 Å². The summed E-state index contributed by atoms with van der Waals surface area (Å²) in [6.07, 6.45) is 0.769. The van der Waals surface area contributed by atoms with Gasteiger partial charge in [0.15, 0.2) is 11.5 Å². The minimum Gasteiger partial charge on any atom is -0.493 e. The molecule has 0 saturated carbocycles. The van der Waals surface area contributed by atoms with Crippen molar-refractivity contribution in [2.45, 2.75) is 33.6 Å². The lowest BCUT2D eigenvalue weighted by atomic mass is 10.1. The molecule has 5 heteroatoms. The third kappa shape index (κ3) is 4.48. The van der Waals surface area contributed by atoms with E-state index >= 15 is 0 Å². The third-order valence-corrected chi connectivity index (χ3v) is 4.16. The number of rotatable bonds is 7. The van der Waals surface area contributed by atoms with Crippen LogP contribution in [0.1, 0.15) is 28.7 Å². The Labute approximate surface area is 154 Å². The Morgan fingerprint density at radius 2 is 1.35 bits per heavy atom. The average molecular weight is 358 g/mol. The summed E-state index contributed by atoms with van der Waals surface area (Å²) in [4.78, 5) is 12.3. The van der Waals surface area contributed by atoms with E-state index in [2.05, 4.69) is 0 Å². The Kier molecular flexibility index (Phi) is 6.50. The molecule has 0 radical (unpaired) electrons. The van der Waals surface area contributed by atoms with Crippen molar-refractivity contribution in [2.24, 2.45) is 0 Å². The summed E-state index contributed by atoms with van der Waals surface area (Å²) < 4.78 is 21.6. The van der Waals surface area contributed by atoms with Crippen LogP contribution in [0.5, 0.6) is 23.0 Å². The number of benzene rings is 2. The van der Waals surface area contributed by atoms with Crippen molar-refractivity contribution in [1.29, 1.82) is 0 Å². The average Bonchev–Trinajstić information content (AvgIpc) is 2.61. The van der Waals surface area contributed by atoms with Crippen LogP contribution in [0.2, 0.25) is 0 Å². The zero-order chi connectivity index (χ0) is 19.3. The van der Waals surface area contributed by atoms with E-state index in [9.17, 15) is 4.79 Å². The second kappa shape index (κ2) is 8.61. The SMILES string of the molecule is COc1cc(CCC(=O)Oc2c(C)cc(C)cc2C)cc(OC)c1OC. The monoisotopic (exact) mass is 358 g/mol. The van der Waals surface area contributed by atoms with Crippen LogP contribution in [-0.4, -0.2) is 27.3 Å². The van der Waals surface area contributed by atoms with Crippen LogP contribution >= 0.6 is 0 Å².